The molecule has 0 aromatic heterocycles. The molecule has 72 valence electrons. The first-order valence-electron chi connectivity index (χ1n) is 3.19. The van der Waals surface area contributed by atoms with Crippen LogP contribution in [0.25, 0.3) is 0 Å². The molecule has 0 spiro atoms. The van der Waals surface area contributed by atoms with Crippen LogP contribution in [0, 0.1) is 5.41 Å². The van der Waals surface area contributed by atoms with E-state index in [2.05, 4.69) is 31.9 Å². The summed E-state index contributed by atoms with van der Waals surface area (Å²) in [5.74, 6) is 0. The normalized spacial score (nSPS) is 39.4. The van der Waals surface area contributed by atoms with E-state index < -0.39 is 10.4 Å². The first-order chi connectivity index (χ1) is 5.16. The van der Waals surface area contributed by atoms with E-state index in [0.717, 1.165) is 0 Å². The average molecular weight is 342 g/mol. The van der Waals surface area contributed by atoms with E-state index in [4.69, 9.17) is 20.3 Å². The van der Waals surface area contributed by atoms with Crippen molar-refractivity contribution in [2.75, 3.05) is 6.61 Å². The van der Waals surface area contributed by atoms with E-state index in [1.807, 2.05) is 13.8 Å². The lowest BCUT2D eigenvalue weighted by atomic mass is 9.96. The van der Waals surface area contributed by atoms with Gasteiger partial charge in [-0.25, -0.2) is 4.57 Å². The third kappa shape index (κ3) is 2.25. The summed E-state index contributed by atoms with van der Waals surface area (Å²) in [6, 6.07) is 0. The number of hydrogen-bond acceptors (Lipinski definition) is 3. The second-order valence-electron chi connectivity index (χ2n) is 3.20. The van der Waals surface area contributed by atoms with Crippen molar-refractivity contribution >= 4 is 50.0 Å². The molecule has 1 heterocycles. The molecule has 0 radical (unpaired) electrons. The Labute approximate surface area is 92.7 Å². The van der Waals surface area contributed by atoms with E-state index in [-0.39, 0.29) is 12.0 Å². The molecule has 1 aliphatic rings. The SMILES string of the molecule is CC1(C)COP(=O)(Cl)OC1(Br)Br. The summed E-state index contributed by atoms with van der Waals surface area (Å²) in [6.07, 6.45) is 0. The first-order valence-corrected chi connectivity index (χ1v) is 7.22. The molecule has 0 N–H and O–H groups in total. The summed E-state index contributed by atoms with van der Waals surface area (Å²) in [6.45, 7) is 0.649. The van der Waals surface area contributed by atoms with Gasteiger partial charge in [0, 0.05) is 16.7 Å². The molecular weight excluding hydrogens is 334 g/mol. The van der Waals surface area contributed by atoms with Gasteiger partial charge in [-0.1, -0.05) is 13.8 Å². The Kier molecular flexibility index (Phi) is 3.07. The van der Waals surface area contributed by atoms with Crippen molar-refractivity contribution in [3.05, 3.63) is 0 Å². The van der Waals surface area contributed by atoms with E-state index in [1.165, 1.54) is 0 Å². The van der Waals surface area contributed by atoms with Gasteiger partial charge in [0.25, 0.3) is 0 Å². The molecular formula is C5H8Br2ClO3P. The van der Waals surface area contributed by atoms with Gasteiger partial charge >= 0.3 is 6.95 Å². The summed E-state index contributed by atoms with van der Waals surface area (Å²) in [7, 11) is 0. The highest BCUT2D eigenvalue weighted by atomic mass is 79.9. The number of alkyl halides is 2. The fraction of sp³-hybridized carbons (Fsp3) is 1.00. The van der Waals surface area contributed by atoms with Gasteiger partial charge in [0.15, 0.2) is 3.42 Å². The minimum Gasteiger partial charge on any atom is -0.296 e. The van der Waals surface area contributed by atoms with Crippen LogP contribution in [-0.4, -0.2) is 10.0 Å². The zero-order valence-corrected chi connectivity index (χ0v) is 11.3. The smallest absolute Gasteiger partial charge is 0.296 e. The maximum Gasteiger partial charge on any atom is 0.426 e. The molecule has 12 heavy (non-hydrogen) atoms. The van der Waals surface area contributed by atoms with E-state index >= 15 is 0 Å². The summed E-state index contributed by atoms with van der Waals surface area (Å²) in [5, 5.41) is 0. The zero-order valence-electron chi connectivity index (χ0n) is 6.51. The number of halogens is 3. The largest absolute Gasteiger partial charge is 0.426 e. The summed E-state index contributed by atoms with van der Waals surface area (Å²) in [5.41, 5.74) is -0.338. The first kappa shape index (κ1) is 11.5. The number of hydrogen-bond donors (Lipinski definition) is 0. The molecule has 1 aliphatic heterocycles. The van der Waals surface area contributed by atoms with Crippen molar-refractivity contribution in [1.82, 2.24) is 0 Å². The predicted octanol–water partition coefficient (Wildman–Crippen LogP) is 3.85. The molecule has 1 saturated heterocycles. The van der Waals surface area contributed by atoms with E-state index in [0.29, 0.717) is 0 Å². The Balaban J connectivity index is 2.89. The van der Waals surface area contributed by atoms with Gasteiger partial charge in [0.05, 0.1) is 6.61 Å². The van der Waals surface area contributed by atoms with Crippen molar-refractivity contribution < 1.29 is 13.6 Å². The monoisotopic (exact) mass is 340 g/mol. The van der Waals surface area contributed by atoms with Crippen LogP contribution >= 0.6 is 50.0 Å². The lowest BCUT2D eigenvalue weighted by Gasteiger charge is -2.42. The minimum atomic E-state index is -3.41. The van der Waals surface area contributed by atoms with E-state index in [1.54, 1.807) is 0 Å². The second kappa shape index (κ2) is 3.21. The van der Waals surface area contributed by atoms with Gasteiger partial charge < -0.3 is 0 Å². The Bertz CT molecular complexity index is 243. The molecule has 1 unspecified atom stereocenters. The Hall–Kier alpha value is 1.40. The predicted molar refractivity (Wildman–Crippen MR) is 54.9 cm³/mol. The van der Waals surface area contributed by atoms with Crippen molar-refractivity contribution in [1.29, 1.82) is 0 Å². The van der Waals surface area contributed by atoms with Crippen LogP contribution in [0.2, 0.25) is 0 Å². The second-order valence-corrected chi connectivity index (χ2v) is 9.04. The summed E-state index contributed by atoms with van der Waals surface area (Å²) < 4.78 is 20.2. The third-order valence-corrected chi connectivity index (χ3v) is 5.99. The van der Waals surface area contributed by atoms with Crippen molar-refractivity contribution in [3.8, 4) is 0 Å². The van der Waals surface area contributed by atoms with Crippen molar-refractivity contribution in [3.63, 3.8) is 0 Å². The van der Waals surface area contributed by atoms with Crippen LogP contribution < -0.4 is 0 Å². The maximum atomic E-state index is 11.2. The highest BCUT2D eigenvalue weighted by molar-refractivity contribution is 9.25. The molecule has 7 heteroatoms. The Morgan fingerprint density at radius 1 is 1.50 bits per heavy atom. The van der Waals surface area contributed by atoms with Gasteiger partial charge in [-0.05, 0) is 31.9 Å². The zero-order chi connectivity index (χ0) is 9.62. The van der Waals surface area contributed by atoms with Crippen LogP contribution in [0.15, 0.2) is 0 Å². The molecule has 0 bridgehead atoms. The topological polar surface area (TPSA) is 35.5 Å². The maximum absolute atomic E-state index is 11.2. The quantitative estimate of drug-likeness (QED) is 0.495. The van der Waals surface area contributed by atoms with Crippen LogP contribution in [0.3, 0.4) is 0 Å². The molecule has 1 fully saturated rings. The lowest BCUT2D eigenvalue weighted by Crippen LogP contribution is -2.41. The van der Waals surface area contributed by atoms with Crippen molar-refractivity contribution in [2.45, 2.75) is 17.3 Å². The fourth-order valence-corrected chi connectivity index (χ4v) is 3.99. The highest BCUT2D eigenvalue weighted by Gasteiger charge is 2.52. The van der Waals surface area contributed by atoms with Gasteiger partial charge in [-0.2, -0.15) is 0 Å². The molecule has 0 aliphatic carbocycles. The lowest BCUT2D eigenvalue weighted by molar-refractivity contribution is 0.0182. The van der Waals surface area contributed by atoms with Crippen LogP contribution in [0.5, 0.6) is 0 Å². The van der Waals surface area contributed by atoms with Crippen molar-refractivity contribution in [2.24, 2.45) is 5.41 Å². The van der Waals surface area contributed by atoms with Gasteiger partial charge in [0.1, 0.15) is 0 Å². The molecule has 0 amide bonds. The van der Waals surface area contributed by atoms with Crippen LogP contribution in [0.1, 0.15) is 13.8 Å². The molecule has 1 rings (SSSR count). The van der Waals surface area contributed by atoms with Crippen LogP contribution in [0.4, 0.5) is 0 Å². The Morgan fingerprint density at radius 3 is 2.33 bits per heavy atom. The Morgan fingerprint density at radius 2 is 2.00 bits per heavy atom. The fourth-order valence-electron chi connectivity index (χ4n) is 0.609. The van der Waals surface area contributed by atoms with Crippen LogP contribution in [-0.2, 0) is 13.6 Å². The molecule has 0 aromatic carbocycles. The van der Waals surface area contributed by atoms with Gasteiger partial charge in [-0.3, -0.25) is 9.05 Å². The highest BCUT2D eigenvalue weighted by Crippen LogP contribution is 2.67. The van der Waals surface area contributed by atoms with Gasteiger partial charge in [0.2, 0.25) is 0 Å². The minimum absolute atomic E-state index is 0.268. The summed E-state index contributed by atoms with van der Waals surface area (Å²) >= 11 is 11.9. The summed E-state index contributed by atoms with van der Waals surface area (Å²) in [4.78, 5) is 0. The van der Waals surface area contributed by atoms with E-state index in [9.17, 15) is 4.57 Å². The molecule has 1 atom stereocenters. The number of rotatable bonds is 0. The third-order valence-electron chi connectivity index (χ3n) is 1.59. The molecule has 0 aromatic rings. The molecule has 0 saturated carbocycles. The molecule has 3 nitrogen and oxygen atoms in total. The standard InChI is InChI=1S/C5H8Br2ClO3P/c1-4(2)3-10-12(8,9)11-5(4,6)7/h3H2,1-2H3. The average Bonchev–Trinajstić information content (AvgIpc) is 1.79. The van der Waals surface area contributed by atoms with Gasteiger partial charge in [-0.15, -0.1) is 0 Å².